The van der Waals surface area contributed by atoms with E-state index in [0.717, 1.165) is 26.2 Å². The van der Waals surface area contributed by atoms with Gasteiger partial charge in [-0.25, -0.2) is 4.98 Å². The predicted octanol–water partition coefficient (Wildman–Crippen LogP) is -1.83. The lowest BCUT2D eigenvalue weighted by Crippen LogP contribution is -2.47. The highest BCUT2D eigenvalue weighted by Crippen LogP contribution is 2.08. The minimum absolute atomic E-state index is 0.472. The van der Waals surface area contributed by atoms with Crippen molar-refractivity contribution >= 4 is 18.4 Å². The van der Waals surface area contributed by atoms with E-state index in [9.17, 15) is 10.0 Å². The molecule has 1 aliphatic rings. The Labute approximate surface area is 88.9 Å². The van der Waals surface area contributed by atoms with Gasteiger partial charge in [-0.3, -0.25) is 0 Å². The number of nitrogens with one attached hydrogen (secondary N) is 1. The van der Waals surface area contributed by atoms with Crippen molar-refractivity contribution in [1.29, 1.82) is 0 Å². The van der Waals surface area contributed by atoms with Crippen LogP contribution in [0.15, 0.2) is 18.3 Å². The highest BCUT2D eigenvalue weighted by molar-refractivity contribution is 6.60. The molecule has 0 spiro atoms. The maximum Gasteiger partial charge on any atom is 0.492 e. The third-order valence-electron chi connectivity index (χ3n) is 2.51. The third-order valence-corrected chi connectivity index (χ3v) is 2.51. The fraction of sp³-hybridized carbons (Fsp3) is 0.444. The van der Waals surface area contributed by atoms with Gasteiger partial charge in [-0.05, 0) is 6.07 Å². The van der Waals surface area contributed by atoms with Crippen molar-refractivity contribution in [3.05, 3.63) is 18.3 Å². The molecule has 0 radical (unpaired) electrons. The predicted molar refractivity (Wildman–Crippen MR) is 59.1 cm³/mol. The molecule has 1 aliphatic heterocycles. The first-order valence-electron chi connectivity index (χ1n) is 5.06. The van der Waals surface area contributed by atoms with Gasteiger partial charge in [0.15, 0.2) is 0 Å². The fourth-order valence-corrected chi connectivity index (χ4v) is 1.75. The molecule has 0 atom stereocenters. The normalized spacial score (nSPS) is 16.5. The summed E-state index contributed by atoms with van der Waals surface area (Å²) in [6.45, 7) is 3.49. The molecule has 0 unspecified atom stereocenters. The molecule has 3 N–H and O–H groups in total. The number of aromatic nitrogens is 1. The Morgan fingerprint density at radius 3 is 2.73 bits per heavy atom. The molecule has 1 saturated heterocycles. The van der Waals surface area contributed by atoms with Gasteiger partial charge in [0.05, 0.1) is 0 Å². The first-order valence-corrected chi connectivity index (χ1v) is 5.06. The first kappa shape index (κ1) is 10.4. The van der Waals surface area contributed by atoms with Crippen molar-refractivity contribution in [1.82, 2.24) is 10.3 Å². The molecule has 0 bridgehead atoms. The Morgan fingerprint density at radius 2 is 2.07 bits per heavy atom. The lowest BCUT2D eigenvalue weighted by atomic mass is 9.80. The van der Waals surface area contributed by atoms with Crippen LogP contribution in [-0.2, 0) is 0 Å². The lowest BCUT2D eigenvalue weighted by molar-refractivity contribution is 0.425. The Bertz CT molecular complexity index is 329. The minimum Gasteiger partial charge on any atom is -0.423 e. The lowest BCUT2D eigenvalue weighted by Gasteiger charge is -2.29. The highest BCUT2D eigenvalue weighted by atomic mass is 16.4. The first-order chi connectivity index (χ1) is 7.29. The maximum atomic E-state index is 9.21. The molecule has 6 heteroatoms. The summed E-state index contributed by atoms with van der Waals surface area (Å²) in [6, 6.07) is 3.40. The van der Waals surface area contributed by atoms with Crippen LogP contribution in [0.25, 0.3) is 0 Å². The van der Waals surface area contributed by atoms with E-state index in [1.807, 2.05) is 0 Å². The molecule has 0 saturated carbocycles. The molecule has 15 heavy (non-hydrogen) atoms. The zero-order valence-electron chi connectivity index (χ0n) is 8.43. The topological polar surface area (TPSA) is 68.6 Å². The highest BCUT2D eigenvalue weighted by Gasteiger charge is 2.21. The van der Waals surface area contributed by atoms with Crippen molar-refractivity contribution in [3.63, 3.8) is 0 Å². The molecule has 0 aliphatic carbocycles. The fourth-order valence-electron chi connectivity index (χ4n) is 1.75. The van der Waals surface area contributed by atoms with Gasteiger partial charge in [0.2, 0.25) is 0 Å². The molecule has 0 aromatic carbocycles. The third kappa shape index (κ3) is 2.28. The smallest absolute Gasteiger partial charge is 0.423 e. The number of pyridine rings is 1. The molecular weight excluding hydrogens is 193 g/mol. The zero-order valence-corrected chi connectivity index (χ0v) is 8.43. The van der Waals surface area contributed by atoms with Crippen molar-refractivity contribution in [2.75, 3.05) is 31.1 Å². The summed E-state index contributed by atoms with van der Waals surface area (Å²) in [5, 5.41) is 21.7. The number of piperazine rings is 1. The van der Waals surface area contributed by atoms with E-state index in [0.29, 0.717) is 11.3 Å². The van der Waals surface area contributed by atoms with Gasteiger partial charge >= 0.3 is 7.12 Å². The summed E-state index contributed by atoms with van der Waals surface area (Å²) < 4.78 is 0. The summed E-state index contributed by atoms with van der Waals surface area (Å²) in [7, 11) is -1.46. The number of hydrogen-bond acceptors (Lipinski definition) is 5. The monoisotopic (exact) mass is 207 g/mol. The van der Waals surface area contributed by atoms with E-state index < -0.39 is 7.12 Å². The summed E-state index contributed by atoms with van der Waals surface area (Å²) in [4.78, 5) is 6.26. The molecular formula is C9H14BN3O2. The van der Waals surface area contributed by atoms with Crippen LogP contribution >= 0.6 is 0 Å². The van der Waals surface area contributed by atoms with Gasteiger partial charge in [0.25, 0.3) is 0 Å². The molecule has 1 fully saturated rings. The van der Waals surface area contributed by atoms with Crippen LogP contribution in [0.3, 0.4) is 0 Å². The van der Waals surface area contributed by atoms with Gasteiger partial charge in [-0.2, -0.15) is 0 Å². The van der Waals surface area contributed by atoms with Crippen LogP contribution in [0.5, 0.6) is 0 Å². The maximum absolute atomic E-state index is 9.21. The van der Waals surface area contributed by atoms with E-state index >= 15 is 0 Å². The van der Waals surface area contributed by atoms with Crippen molar-refractivity contribution < 1.29 is 10.0 Å². The van der Waals surface area contributed by atoms with Crippen molar-refractivity contribution in [2.24, 2.45) is 0 Å². The second-order valence-corrected chi connectivity index (χ2v) is 3.53. The molecule has 5 nitrogen and oxygen atoms in total. The minimum atomic E-state index is -1.46. The van der Waals surface area contributed by atoms with Gasteiger partial charge in [0.1, 0.15) is 5.82 Å². The van der Waals surface area contributed by atoms with E-state index in [2.05, 4.69) is 15.2 Å². The molecule has 2 rings (SSSR count). The summed E-state index contributed by atoms with van der Waals surface area (Å²) >= 11 is 0. The quantitative estimate of drug-likeness (QED) is 0.498. The van der Waals surface area contributed by atoms with Crippen LogP contribution in [0, 0.1) is 0 Å². The Balaban J connectivity index is 2.25. The number of nitrogens with zero attached hydrogens (tertiary/aromatic N) is 2. The largest absolute Gasteiger partial charge is 0.492 e. The average molecular weight is 207 g/mol. The molecule has 80 valence electrons. The Kier molecular flexibility index (Phi) is 3.20. The molecule has 2 heterocycles. The summed E-state index contributed by atoms with van der Waals surface area (Å²) in [6.07, 6.45) is 1.67. The van der Waals surface area contributed by atoms with Crippen LogP contribution in [0.1, 0.15) is 0 Å². The second kappa shape index (κ2) is 4.61. The van der Waals surface area contributed by atoms with Gasteiger partial charge in [-0.1, -0.05) is 6.07 Å². The van der Waals surface area contributed by atoms with Gasteiger partial charge in [-0.15, -0.1) is 0 Å². The van der Waals surface area contributed by atoms with E-state index in [1.165, 1.54) is 0 Å². The standard InChI is InChI=1S/C9H14BN3O2/c14-10(15)8-2-1-3-12-9(8)13-6-4-11-5-7-13/h1-3,11,14-15H,4-7H2. The van der Waals surface area contributed by atoms with Crippen molar-refractivity contribution in [2.45, 2.75) is 0 Å². The summed E-state index contributed by atoms with van der Waals surface area (Å²) in [5.74, 6) is 0.675. The van der Waals surface area contributed by atoms with E-state index in [1.54, 1.807) is 18.3 Å². The average Bonchev–Trinajstić information content (AvgIpc) is 2.30. The van der Waals surface area contributed by atoms with E-state index in [-0.39, 0.29) is 0 Å². The van der Waals surface area contributed by atoms with Crippen LogP contribution < -0.4 is 15.7 Å². The Morgan fingerprint density at radius 1 is 1.33 bits per heavy atom. The zero-order chi connectivity index (χ0) is 10.7. The Hall–Kier alpha value is -1.11. The van der Waals surface area contributed by atoms with Crippen molar-refractivity contribution in [3.8, 4) is 0 Å². The number of anilines is 1. The van der Waals surface area contributed by atoms with Gasteiger partial charge in [0, 0.05) is 37.8 Å². The molecule has 1 aromatic heterocycles. The number of rotatable bonds is 2. The SMILES string of the molecule is OB(O)c1cccnc1N1CCNCC1. The number of hydrogen-bond donors (Lipinski definition) is 3. The molecule has 0 amide bonds. The van der Waals surface area contributed by atoms with Crippen LogP contribution in [0.2, 0.25) is 0 Å². The summed E-state index contributed by atoms with van der Waals surface area (Å²) in [5.41, 5.74) is 0.472. The van der Waals surface area contributed by atoms with Crippen LogP contribution in [0.4, 0.5) is 5.82 Å². The second-order valence-electron chi connectivity index (χ2n) is 3.53. The van der Waals surface area contributed by atoms with E-state index in [4.69, 9.17) is 0 Å². The molecule has 1 aromatic rings. The van der Waals surface area contributed by atoms with Gasteiger partial charge < -0.3 is 20.3 Å². The van der Waals surface area contributed by atoms with Crippen LogP contribution in [-0.4, -0.2) is 48.3 Å².